The molecule has 1 aliphatic carbocycles. The molecular weight excluding hydrogens is 252 g/mol. The van der Waals surface area contributed by atoms with Crippen LogP contribution in [0.2, 0.25) is 0 Å². The fraction of sp³-hybridized carbons (Fsp3) is 0.562. The van der Waals surface area contributed by atoms with Crippen LogP contribution < -0.4 is 5.32 Å². The van der Waals surface area contributed by atoms with E-state index in [0.29, 0.717) is 6.54 Å². The second-order valence-corrected chi connectivity index (χ2v) is 5.65. The van der Waals surface area contributed by atoms with Crippen molar-refractivity contribution >= 4 is 5.97 Å². The smallest absolute Gasteiger partial charge is 0.332 e. The largest absolute Gasteiger partial charge is 0.467 e. The fourth-order valence-corrected chi connectivity index (χ4v) is 2.71. The van der Waals surface area contributed by atoms with Crippen LogP contribution in [0.4, 0.5) is 0 Å². The van der Waals surface area contributed by atoms with Crippen LogP contribution in [0.15, 0.2) is 30.3 Å². The maximum absolute atomic E-state index is 12.4. The molecule has 4 heteroatoms. The van der Waals surface area contributed by atoms with Gasteiger partial charge in [0.15, 0.2) is 5.54 Å². The molecule has 1 N–H and O–H groups in total. The molecule has 0 amide bonds. The molecular formula is C16H24N2O2. The van der Waals surface area contributed by atoms with Gasteiger partial charge in [0.2, 0.25) is 0 Å². The topological polar surface area (TPSA) is 41.6 Å². The highest BCUT2D eigenvalue weighted by atomic mass is 16.5. The van der Waals surface area contributed by atoms with E-state index in [2.05, 4.69) is 17.3 Å². The van der Waals surface area contributed by atoms with Crippen LogP contribution in [0.1, 0.15) is 18.4 Å². The molecule has 0 aromatic heterocycles. The van der Waals surface area contributed by atoms with E-state index in [0.717, 1.165) is 18.0 Å². The maximum Gasteiger partial charge on any atom is 0.332 e. The Morgan fingerprint density at radius 1 is 1.40 bits per heavy atom. The standard InChI is InChI=1S/C16H24N2O2/c1-17-16(15(19)20-3,14-7-5-4-6-8-14)12-18(2)11-13-9-10-13/h4-8,13,17H,9-12H2,1-3H3. The van der Waals surface area contributed by atoms with E-state index in [9.17, 15) is 4.79 Å². The highest BCUT2D eigenvalue weighted by Crippen LogP contribution is 2.31. The molecule has 0 radical (unpaired) electrons. The minimum Gasteiger partial charge on any atom is -0.467 e. The van der Waals surface area contributed by atoms with Gasteiger partial charge in [0.05, 0.1) is 7.11 Å². The predicted octanol–water partition coefficient (Wildman–Crippen LogP) is 1.62. The van der Waals surface area contributed by atoms with Crippen molar-refractivity contribution in [3.63, 3.8) is 0 Å². The summed E-state index contributed by atoms with van der Waals surface area (Å²) < 4.78 is 5.05. The Hall–Kier alpha value is -1.39. The van der Waals surface area contributed by atoms with Gasteiger partial charge >= 0.3 is 5.97 Å². The van der Waals surface area contributed by atoms with Crippen LogP contribution in [0.3, 0.4) is 0 Å². The van der Waals surface area contributed by atoms with E-state index in [4.69, 9.17) is 4.74 Å². The third-order valence-electron chi connectivity index (χ3n) is 4.00. The van der Waals surface area contributed by atoms with Gasteiger partial charge < -0.3 is 15.0 Å². The summed E-state index contributed by atoms with van der Waals surface area (Å²) in [5.41, 5.74) is 0.136. The predicted molar refractivity (Wildman–Crippen MR) is 79.4 cm³/mol. The molecule has 0 heterocycles. The highest BCUT2D eigenvalue weighted by molar-refractivity contribution is 5.83. The SMILES string of the molecule is CNC(CN(C)CC1CC1)(C(=O)OC)c1ccccc1. The average molecular weight is 276 g/mol. The number of ether oxygens (including phenoxy) is 1. The Balaban J connectivity index is 2.24. The monoisotopic (exact) mass is 276 g/mol. The Morgan fingerprint density at radius 3 is 2.55 bits per heavy atom. The molecule has 1 aliphatic rings. The molecule has 110 valence electrons. The second kappa shape index (κ2) is 6.37. The minimum absolute atomic E-state index is 0.242. The highest BCUT2D eigenvalue weighted by Gasteiger charge is 2.41. The summed E-state index contributed by atoms with van der Waals surface area (Å²) >= 11 is 0. The minimum atomic E-state index is -0.806. The Morgan fingerprint density at radius 2 is 2.05 bits per heavy atom. The first-order valence-electron chi connectivity index (χ1n) is 7.14. The van der Waals surface area contributed by atoms with Gasteiger partial charge in [-0.3, -0.25) is 0 Å². The summed E-state index contributed by atoms with van der Waals surface area (Å²) in [5.74, 6) is 0.553. The van der Waals surface area contributed by atoms with Gasteiger partial charge in [0, 0.05) is 13.1 Å². The van der Waals surface area contributed by atoms with Crippen LogP contribution in [-0.4, -0.2) is 45.2 Å². The summed E-state index contributed by atoms with van der Waals surface area (Å²) in [6, 6.07) is 9.79. The Bertz CT molecular complexity index is 445. The first kappa shape index (κ1) is 15.0. The van der Waals surface area contributed by atoms with Crippen LogP contribution in [0.5, 0.6) is 0 Å². The number of rotatable bonds is 7. The molecule has 0 bridgehead atoms. The number of likely N-dealkylation sites (N-methyl/N-ethyl adjacent to an activating group) is 2. The quantitative estimate of drug-likeness (QED) is 0.768. The molecule has 0 saturated heterocycles. The summed E-state index contributed by atoms with van der Waals surface area (Å²) in [6.45, 7) is 1.64. The second-order valence-electron chi connectivity index (χ2n) is 5.65. The van der Waals surface area contributed by atoms with Gasteiger partial charge in [0.25, 0.3) is 0 Å². The number of hydrogen-bond acceptors (Lipinski definition) is 4. The molecule has 2 rings (SSSR count). The lowest BCUT2D eigenvalue weighted by molar-refractivity contribution is -0.149. The van der Waals surface area contributed by atoms with Gasteiger partial charge in [-0.05, 0) is 38.4 Å². The first-order chi connectivity index (χ1) is 9.62. The molecule has 0 spiro atoms. The number of benzene rings is 1. The number of carbonyl (C=O) groups is 1. The normalized spacial score (nSPS) is 17.8. The molecule has 1 aromatic carbocycles. The average Bonchev–Trinajstić information content (AvgIpc) is 3.28. The summed E-state index contributed by atoms with van der Waals surface area (Å²) in [5, 5.41) is 3.19. The number of hydrogen-bond donors (Lipinski definition) is 1. The van der Waals surface area contributed by atoms with Crippen molar-refractivity contribution in [2.24, 2.45) is 5.92 Å². The fourth-order valence-electron chi connectivity index (χ4n) is 2.71. The molecule has 1 aromatic rings. The third kappa shape index (κ3) is 3.19. The van der Waals surface area contributed by atoms with Gasteiger partial charge in [-0.2, -0.15) is 0 Å². The summed E-state index contributed by atoms with van der Waals surface area (Å²) in [7, 11) is 5.32. The third-order valence-corrected chi connectivity index (χ3v) is 4.00. The number of carbonyl (C=O) groups excluding carboxylic acids is 1. The van der Waals surface area contributed by atoms with Crippen LogP contribution in [0.25, 0.3) is 0 Å². The summed E-state index contributed by atoms with van der Waals surface area (Å²) in [4.78, 5) is 14.6. The van der Waals surface area contributed by atoms with Crippen LogP contribution in [-0.2, 0) is 15.1 Å². The number of nitrogens with one attached hydrogen (secondary N) is 1. The molecule has 1 unspecified atom stereocenters. The molecule has 0 aliphatic heterocycles. The maximum atomic E-state index is 12.4. The number of methoxy groups -OCH3 is 1. The van der Waals surface area contributed by atoms with Crippen molar-refractivity contribution < 1.29 is 9.53 Å². The van der Waals surface area contributed by atoms with E-state index in [1.807, 2.05) is 37.4 Å². The van der Waals surface area contributed by atoms with Gasteiger partial charge in [0.1, 0.15) is 0 Å². The Labute approximate surface area is 121 Å². The Kier molecular flexibility index (Phi) is 4.78. The van der Waals surface area contributed by atoms with Gasteiger partial charge in [-0.25, -0.2) is 4.79 Å². The lowest BCUT2D eigenvalue weighted by Gasteiger charge is -2.35. The molecule has 1 fully saturated rings. The van der Waals surface area contributed by atoms with E-state index in [-0.39, 0.29) is 5.97 Å². The number of esters is 1. The number of nitrogens with zero attached hydrogens (tertiary/aromatic N) is 1. The van der Waals surface area contributed by atoms with Crippen LogP contribution >= 0.6 is 0 Å². The molecule has 1 atom stereocenters. The lowest BCUT2D eigenvalue weighted by Crippen LogP contribution is -2.55. The molecule has 1 saturated carbocycles. The zero-order valence-electron chi connectivity index (χ0n) is 12.6. The van der Waals surface area contributed by atoms with Crippen molar-refractivity contribution in [1.82, 2.24) is 10.2 Å². The van der Waals surface area contributed by atoms with Crippen molar-refractivity contribution in [3.8, 4) is 0 Å². The van der Waals surface area contributed by atoms with E-state index in [1.54, 1.807) is 0 Å². The molecule has 20 heavy (non-hydrogen) atoms. The van der Waals surface area contributed by atoms with Crippen molar-refractivity contribution in [2.45, 2.75) is 18.4 Å². The van der Waals surface area contributed by atoms with E-state index < -0.39 is 5.54 Å². The lowest BCUT2D eigenvalue weighted by atomic mass is 9.89. The van der Waals surface area contributed by atoms with E-state index in [1.165, 1.54) is 20.0 Å². The first-order valence-corrected chi connectivity index (χ1v) is 7.14. The van der Waals surface area contributed by atoms with Crippen molar-refractivity contribution in [2.75, 3.05) is 34.3 Å². The zero-order valence-corrected chi connectivity index (χ0v) is 12.6. The van der Waals surface area contributed by atoms with E-state index >= 15 is 0 Å². The van der Waals surface area contributed by atoms with Gasteiger partial charge in [-0.1, -0.05) is 30.3 Å². The zero-order chi connectivity index (χ0) is 14.6. The van der Waals surface area contributed by atoms with Gasteiger partial charge in [-0.15, -0.1) is 0 Å². The van der Waals surface area contributed by atoms with Crippen molar-refractivity contribution in [3.05, 3.63) is 35.9 Å². The molecule has 4 nitrogen and oxygen atoms in total. The van der Waals surface area contributed by atoms with Crippen molar-refractivity contribution in [1.29, 1.82) is 0 Å². The van der Waals surface area contributed by atoms with Crippen LogP contribution in [0, 0.1) is 5.92 Å². The summed E-state index contributed by atoms with van der Waals surface area (Å²) in [6.07, 6.45) is 2.61.